The lowest BCUT2D eigenvalue weighted by molar-refractivity contribution is -0.119. The molecule has 0 radical (unpaired) electrons. The highest BCUT2D eigenvalue weighted by molar-refractivity contribution is 9.10. The molecule has 3 aliphatic rings. The van der Waals surface area contributed by atoms with Crippen molar-refractivity contribution in [2.45, 2.75) is 51.0 Å². The summed E-state index contributed by atoms with van der Waals surface area (Å²) in [5.74, 6) is 2.96. The van der Waals surface area contributed by atoms with Crippen LogP contribution >= 0.6 is 15.9 Å². The number of ether oxygens (including phenoxy) is 2. The number of likely N-dealkylation sites (tertiary alicyclic amines) is 1. The third-order valence-corrected chi connectivity index (χ3v) is 9.45. The van der Waals surface area contributed by atoms with E-state index in [0.29, 0.717) is 29.8 Å². The van der Waals surface area contributed by atoms with Gasteiger partial charge >= 0.3 is 0 Å². The molecule has 5 heterocycles. The number of methoxy groups -OCH3 is 2. The second-order valence-corrected chi connectivity index (χ2v) is 12.4. The standard InChI is InChI=1S/C32H40BrN7O3/c1-21-28-30(35-20-36-31(28)40(32(21)41)19-23-6-7-24(42-2)18-26(23)43-3)39-15-10-22(11-16-39)29-25(8-9-27(33)37-29)34-12-17-38-13-4-5-14-38/h6-9,18,20-22,34H,4-5,10-17,19H2,1-3H3. The van der Waals surface area contributed by atoms with E-state index in [1.54, 1.807) is 25.4 Å². The van der Waals surface area contributed by atoms with Gasteiger partial charge in [0.15, 0.2) is 0 Å². The average Bonchev–Trinajstić information content (AvgIpc) is 3.64. The molecule has 6 rings (SSSR count). The van der Waals surface area contributed by atoms with Crippen molar-refractivity contribution < 1.29 is 14.3 Å². The van der Waals surface area contributed by atoms with Crippen LogP contribution in [0.4, 0.5) is 17.3 Å². The number of benzene rings is 1. The molecule has 1 aromatic carbocycles. The van der Waals surface area contributed by atoms with E-state index in [-0.39, 0.29) is 11.8 Å². The number of fused-ring (bicyclic) bond motifs is 1. The van der Waals surface area contributed by atoms with Crippen LogP contribution in [0.25, 0.3) is 0 Å². The van der Waals surface area contributed by atoms with Crippen LogP contribution in [0.3, 0.4) is 0 Å². The smallest absolute Gasteiger partial charge is 0.236 e. The molecule has 3 aromatic rings. The zero-order valence-corrected chi connectivity index (χ0v) is 26.8. The van der Waals surface area contributed by atoms with Crippen LogP contribution < -0.4 is 24.6 Å². The minimum atomic E-state index is -0.327. The zero-order valence-electron chi connectivity index (χ0n) is 25.2. The first-order valence-corrected chi connectivity index (χ1v) is 16.0. The Morgan fingerprint density at radius 1 is 1.00 bits per heavy atom. The van der Waals surface area contributed by atoms with E-state index in [0.717, 1.165) is 71.9 Å². The third kappa shape index (κ3) is 6.15. The Bertz CT molecular complexity index is 1460. The molecule has 3 aliphatic heterocycles. The molecule has 0 aliphatic carbocycles. The van der Waals surface area contributed by atoms with E-state index in [4.69, 9.17) is 19.4 Å². The minimum absolute atomic E-state index is 0.0208. The van der Waals surface area contributed by atoms with E-state index >= 15 is 0 Å². The van der Waals surface area contributed by atoms with E-state index in [1.807, 2.05) is 31.2 Å². The summed E-state index contributed by atoms with van der Waals surface area (Å²) in [5, 5.41) is 3.67. The maximum Gasteiger partial charge on any atom is 0.236 e. The first-order chi connectivity index (χ1) is 21.0. The molecule has 2 saturated heterocycles. The Morgan fingerprint density at radius 2 is 1.77 bits per heavy atom. The second kappa shape index (κ2) is 13.1. The lowest BCUT2D eigenvalue weighted by Gasteiger charge is -2.34. The van der Waals surface area contributed by atoms with Crippen molar-refractivity contribution in [3.63, 3.8) is 0 Å². The van der Waals surface area contributed by atoms with Gasteiger partial charge in [0, 0.05) is 49.3 Å². The molecule has 43 heavy (non-hydrogen) atoms. The van der Waals surface area contributed by atoms with Gasteiger partial charge in [-0.15, -0.1) is 0 Å². The number of anilines is 3. The molecule has 1 amide bonds. The van der Waals surface area contributed by atoms with Gasteiger partial charge in [0.2, 0.25) is 5.91 Å². The molecule has 0 spiro atoms. The number of carbonyl (C=O) groups is 1. The van der Waals surface area contributed by atoms with E-state index in [2.05, 4.69) is 42.1 Å². The average molecular weight is 651 g/mol. The first kappa shape index (κ1) is 29.6. The number of aromatic nitrogens is 3. The number of rotatable bonds is 10. The number of nitrogens with zero attached hydrogens (tertiary/aromatic N) is 6. The van der Waals surface area contributed by atoms with Gasteiger partial charge < -0.3 is 24.6 Å². The fourth-order valence-electron chi connectivity index (χ4n) is 6.63. The van der Waals surface area contributed by atoms with Gasteiger partial charge in [-0.3, -0.25) is 9.69 Å². The molecule has 1 N–H and O–H groups in total. The number of hydrogen-bond donors (Lipinski definition) is 1. The largest absolute Gasteiger partial charge is 0.497 e. The molecule has 1 unspecified atom stereocenters. The monoisotopic (exact) mass is 649 g/mol. The highest BCUT2D eigenvalue weighted by atomic mass is 79.9. The highest BCUT2D eigenvalue weighted by Gasteiger charge is 2.40. The molecule has 2 aromatic heterocycles. The summed E-state index contributed by atoms with van der Waals surface area (Å²) in [4.78, 5) is 34.4. The van der Waals surface area contributed by atoms with Crippen LogP contribution in [-0.2, 0) is 11.3 Å². The molecular formula is C32H40BrN7O3. The molecule has 2 fully saturated rings. The predicted octanol–water partition coefficient (Wildman–Crippen LogP) is 5.19. The fourth-order valence-corrected chi connectivity index (χ4v) is 6.95. The number of nitrogens with one attached hydrogen (secondary N) is 1. The van der Waals surface area contributed by atoms with Crippen molar-refractivity contribution in [3.8, 4) is 11.5 Å². The summed E-state index contributed by atoms with van der Waals surface area (Å²) >= 11 is 3.60. The maximum absolute atomic E-state index is 13.6. The van der Waals surface area contributed by atoms with Gasteiger partial charge in [-0.25, -0.2) is 15.0 Å². The van der Waals surface area contributed by atoms with Crippen LogP contribution in [0.5, 0.6) is 11.5 Å². The Kier molecular flexibility index (Phi) is 8.99. The number of amides is 1. The van der Waals surface area contributed by atoms with Crippen molar-refractivity contribution in [1.82, 2.24) is 19.9 Å². The third-order valence-electron chi connectivity index (χ3n) is 9.00. The van der Waals surface area contributed by atoms with Gasteiger partial charge in [-0.1, -0.05) is 0 Å². The van der Waals surface area contributed by atoms with Crippen LogP contribution in [-0.4, -0.2) is 79.2 Å². The van der Waals surface area contributed by atoms with Crippen molar-refractivity contribution in [2.75, 3.05) is 68.6 Å². The van der Waals surface area contributed by atoms with E-state index in [1.165, 1.54) is 25.9 Å². The molecule has 0 saturated carbocycles. The molecule has 0 bridgehead atoms. The summed E-state index contributed by atoms with van der Waals surface area (Å²) in [6.45, 7) is 8.39. The zero-order chi connectivity index (χ0) is 29.9. The Labute approximate surface area is 261 Å². The number of piperidine rings is 1. The Hall–Kier alpha value is -3.44. The van der Waals surface area contributed by atoms with Crippen molar-refractivity contribution in [2.24, 2.45) is 0 Å². The van der Waals surface area contributed by atoms with Crippen molar-refractivity contribution >= 4 is 39.2 Å². The summed E-state index contributed by atoms with van der Waals surface area (Å²) in [7, 11) is 3.25. The highest BCUT2D eigenvalue weighted by Crippen LogP contribution is 2.43. The topological polar surface area (TPSA) is 96.0 Å². The van der Waals surface area contributed by atoms with Gasteiger partial charge in [0.05, 0.1) is 38.1 Å². The van der Waals surface area contributed by atoms with Crippen LogP contribution in [0.1, 0.15) is 61.3 Å². The molecular weight excluding hydrogens is 610 g/mol. The van der Waals surface area contributed by atoms with E-state index < -0.39 is 0 Å². The number of pyridine rings is 1. The molecule has 228 valence electrons. The van der Waals surface area contributed by atoms with Gasteiger partial charge in [0.1, 0.15) is 34.1 Å². The predicted molar refractivity (Wildman–Crippen MR) is 171 cm³/mol. The van der Waals surface area contributed by atoms with Crippen LogP contribution in [0.15, 0.2) is 41.3 Å². The SMILES string of the molecule is COc1ccc(CN2C(=O)C(C)c3c(N4CCC(c5nc(Br)ccc5NCCN5CCCC5)CC4)ncnc32)c(OC)c1. The fraction of sp³-hybridized carbons (Fsp3) is 0.500. The second-order valence-electron chi connectivity index (χ2n) is 11.6. The van der Waals surface area contributed by atoms with Crippen LogP contribution in [0.2, 0.25) is 0 Å². The Balaban J connectivity index is 1.17. The lowest BCUT2D eigenvalue weighted by Crippen LogP contribution is -2.35. The minimum Gasteiger partial charge on any atom is -0.497 e. The summed E-state index contributed by atoms with van der Waals surface area (Å²) in [6, 6.07) is 9.83. The van der Waals surface area contributed by atoms with Crippen LogP contribution in [0, 0.1) is 0 Å². The summed E-state index contributed by atoms with van der Waals surface area (Å²) in [5.41, 5.74) is 4.06. The molecule has 10 nitrogen and oxygen atoms in total. The van der Waals surface area contributed by atoms with Gasteiger partial charge in [-0.2, -0.15) is 0 Å². The summed E-state index contributed by atoms with van der Waals surface area (Å²) in [6.07, 6.45) is 6.11. The number of hydrogen-bond acceptors (Lipinski definition) is 9. The molecule has 11 heteroatoms. The van der Waals surface area contributed by atoms with Crippen molar-refractivity contribution in [1.29, 1.82) is 0 Å². The lowest BCUT2D eigenvalue weighted by atomic mass is 9.91. The Morgan fingerprint density at radius 3 is 2.51 bits per heavy atom. The first-order valence-electron chi connectivity index (χ1n) is 15.2. The maximum atomic E-state index is 13.6. The van der Waals surface area contributed by atoms with Gasteiger partial charge in [-0.05, 0) is 85.9 Å². The normalized spacial score (nSPS) is 19.2. The molecule has 1 atom stereocenters. The summed E-state index contributed by atoms with van der Waals surface area (Å²) < 4.78 is 11.8. The van der Waals surface area contributed by atoms with Crippen molar-refractivity contribution in [3.05, 3.63) is 58.1 Å². The quantitative estimate of drug-likeness (QED) is 0.298. The van der Waals surface area contributed by atoms with Gasteiger partial charge in [0.25, 0.3) is 0 Å². The number of carbonyl (C=O) groups excluding carboxylic acids is 1. The van der Waals surface area contributed by atoms with E-state index in [9.17, 15) is 4.79 Å². The number of halogens is 1.